The third-order valence-electron chi connectivity index (χ3n) is 6.56. The number of benzene rings is 5. The highest BCUT2D eigenvalue weighted by atomic mass is 15.1. The lowest BCUT2D eigenvalue weighted by Gasteiger charge is -2.27. The molecule has 1 nitrogen and oxygen atoms in total. The van der Waals surface area contributed by atoms with Crippen LogP contribution in [0.5, 0.6) is 0 Å². The summed E-state index contributed by atoms with van der Waals surface area (Å²) in [5, 5.41) is 0. The minimum absolute atomic E-state index is 1.16. The number of rotatable bonds is 2. The van der Waals surface area contributed by atoms with E-state index in [0.29, 0.717) is 0 Å². The number of fused-ring (bicyclic) bond motifs is 5. The Morgan fingerprint density at radius 2 is 0.939 bits per heavy atom. The van der Waals surface area contributed by atoms with Gasteiger partial charge in [-0.3, -0.25) is 0 Å². The van der Waals surface area contributed by atoms with Crippen molar-refractivity contribution in [2.45, 2.75) is 13.8 Å². The average molecular weight is 424 g/mol. The molecule has 0 amide bonds. The molecule has 6 rings (SSSR count). The van der Waals surface area contributed by atoms with Crippen molar-refractivity contribution in [1.82, 2.24) is 0 Å². The number of hydrogen-bond donors (Lipinski definition) is 0. The smallest absolute Gasteiger partial charge is 0.0540 e. The maximum Gasteiger partial charge on any atom is 0.0540 e. The molecule has 1 heteroatoms. The zero-order chi connectivity index (χ0) is 22.4. The Balaban J connectivity index is 1.56. The van der Waals surface area contributed by atoms with E-state index in [1.165, 1.54) is 55.9 Å². The SMILES string of the molecule is Cc1ccc(-c2ccc(N3c4ccccc4-c4ccc(C)cc4-c4ccccc43)cc2)cc1. The first-order valence-electron chi connectivity index (χ1n) is 11.5. The number of hydrogen-bond acceptors (Lipinski definition) is 1. The summed E-state index contributed by atoms with van der Waals surface area (Å²) in [7, 11) is 0. The van der Waals surface area contributed by atoms with Crippen LogP contribution in [0, 0.1) is 13.8 Å². The Labute approximate surface area is 195 Å². The van der Waals surface area contributed by atoms with Gasteiger partial charge in [-0.1, -0.05) is 102 Å². The molecule has 0 aromatic heterocycles. The van der Waals surface area contributed by atoms with E-state index in [0.717, 1.165) is 5.69 Å². The molecule has 5 aromatic rings. The lowest BCUT2D eigenvalue weighted by Crippen LogP contribution is -2.10. The van der Waals surface area contributed by atoms with Gasteiger partial charge >= 0.3 is 0 Å². The maximum atomic E-state index is 2.40. The molecule has 0 atom stereocenters. The summed E-state index contributed by atoms with van der Waals surface area (Å²) in [6, 6.07) is 42.0. The van der Waals surface area contributed by atoms with Crippen LogP contribution in [0.25, 0.3) is 33.4 Å². The summed E-state index contributed by atoms with van der Waals surface area (Å²) >= 11 is 0. The number of nitrogens with zero attached hydrogens (tertiary/aromatic N) is 1. The van der Waals surface area contributed by atoms with E-state index >= 15 is 0 Å². The van der Waals surface area contributed by atoms with Crippen molar-refractivity contribution >= 4 is 17.1 Å². The van der Waals surface area contributed by atoms with E-state index in [4.69, 9.17) is 0 Å². The van der Waals surface area contributed by atoms with Crippen molar-refractivity contribution in [3.8, 4) is 33.4 Å². The third-order valence-corrected chi connectivity index (χ3v) is 6.56. The molecular weight excluding hydrogens is 398 g/mol. The normalized spacial score (nSPS) is 11.9. The zero-order valence-corrected chi connectivity index (χ0v) is 18.9. The molecular formula is C32H25N. The minimum Gasteiger partial charge on any atom is -0.309 e. The third kappa shape index (κ3) is 3.34. The van der Waals surface area contributed by atoms with Crippen LogP contribution in [0.15, 0.2) is 115 Å². The summed E-state index contributed by atoms with van der Waals surface area (Å²) < 4.78 is 0. The maximum absolute atomic E-state index is 2.40. The monoisotopic (exact) mass is 423 g/mol. The van der Waals surface area contributed by atoms with E-state index < -0.39 is 0 Å². The van der Waals surface area contributed by atoms with Crippen LogP contribution < -0.4 is 4.90 Å². The van der Waals surface area contributed by atoms with Gasteiger partial charge in [0.05, 0.1) is 11.4 Å². The van der Waals surface area contributed by atoms with Gasteiger partial charge in [-0.25, -0.2) is 0 Å². The summed E-state index contributed by atoms with van der Waals surface area (Å²) in [6.45, 7) is 4.29. The Bertz CT molecular complexity index is 1460. The highest BCUT2D eigenvalue weighted by Gasteiger charge is 2.25. The second kappa shape index (κ2) is 7.79. The minimum atomic E-state index is 1.16. The highest BCUT2D eigenvalue weighted by molar-refractivity contribution is 6.02. The van der Waals surface area contributed by atoms with Crippen molar-refractivity contribution in [3.05, 3.63) is 126 Å². The fourth-order valence-corrected chi connectivity index (χ4v) is 4.87. The van der Waals surface area contributed by atoms with Crippen molar-refractivity contribution in [3.63, 3.8) is 0 Å². The average Bonchev–Trinajstić information content (AvgIpc) is 2.97. The van der Waals surface area contributed by atoms with E-state index in [1.807, 2.05) is 0 Å². The first-order chi connectivity index (χ1) is 16.2. The Morgan fingerprint density at radius 3 is 1.58 bits per heavy atom. The predicted molar refractivity (Wildman–Crippen MR) is 140 cm³/mol. The van der Waals surface area contributed by atoms with Crippen LogP contribution in [0.2, 0.25) is 0 Å². The topological polar surface area (TPSA) is 3.24 Å². The van der Waals surface area contributed by atoms with Gasteiger partial charge in [0.25, 0.3) is 0 Å². The molecule has 1 aliphatic rings. The zero-order valence-electron chi connectivity index (χ0n) is 18.9. The van der Waals surface area contributed by atoms with Crippen molar-refractivity contribution in [2.75, 3.05) is 4.90 Å². The summed E-state index contributed by atoms with van der Waals surface area (Å²) in [6.07, 6.45) is 0. The molecule has 0 saturated carbocycles. The van der Waals surface area contributed by atoms with Gasteiger partial charge in [0.15, 0.2) is 0 Å². The largest absolute Gasteiger partial charge is 0.309 e. The van der Waals surface area contributed by atoms with Crippen LogP contribution in [-0.2, 0) is 0 Å². The molecule has 1 heterocycles. The Kier molecular flexibility index (Phi) is 4.62. The van der Waals surface area contributed by atoms with Crippen molar-refractivity contribution in [2.24, 2.45) is 0 Å². The molecule has 158 valence electrons. The highest BCUT2D eigenvalue weighted by Crippen LogP contribution is 2.50. The molecule has 0 N–H and O–H groups in total. The Hall–Kier alpha value is -4.10. The van der Waals surface area contributed by atoms with Gasteiger partial charge in [0, 0.05) is 16.8 Å². The second-order valence-corrected chi connectivity index (χ2v) is 8.83. The van der Waals surface area contributed by atoms with Gasteiger partial charge < -0.3 is 4.90 Å². The van der Waals surface area contributed by atoms with Gasteiger partial charge in [-0.05, 0) is 60.4 Å². The first-order valence-corrected chi connectivity index (χ1v) is 11.5. The predicted octanol–water partition coefficient (Wildman–Crippen LogP) is 9.09. The fraction of sp³-hybridized carbons (Fsp3) is 0.0625. The first kappa shape index (κ1) is 19.6. The van der Waals surface area contributed by atoms with Crippen LogP contribution in [-0.4, -0.2) is 0 Å². The number of anilines is 3. The lowest BCUT2D eigenvalue weighted by molar-refractivity contribution is 1.29. The second-order valence-electron chi connectivity index (χ2n) is 8.83. The molecule has 0 radical (unpaired) electrons. The summed E-state index contributed by atoms with van der Waals surface area (Å²) in [5.41, 5.74) is 13.7. The van der Waals surface area contributed by atoms with E-state index in [9.17, 15) is 0 Å². The van der Waals surface area contributed by atoms with Crippen molar-refractivity contribution in [1.29, 1.82) is 0 Å². The van der Waals surface area contributed by atoms with Crippen molar-refractivity contribution < 1.29 is 0 Å². The number of aryl methyl sites for hydroxylation is 2. The van der Waals surface area contributed by atoms with Gasteiger partial charge in [-0.2, -0.15) is 0 Å². The number of para-hydroxylation sites is 2. The standard InChI is InChI=1S/C32H25N/c1-22-11-14-24(15-12-22)25-16-18-26(19-17-25)33-31-9-5-3-7-28(31)27-20-13-23(2)21-30(27)29-8-4-6-10-32(29)33/h3-21H,1-2H3. The van der Waals surface area contributed by atoms with Crippen LogP contribution in [0.4, 0.5) is 17.1 Å². The van der Waals surface area contributed by atoms with Crippen LogP contribution in [0.3, 0.4) is 0 Å². The molecule has 0 fully saturated rings. The van der Waals surface area contributed by atoms with E-state index in [-0.39, 0.29) is 0 Å². The lowest BCUT2D eigenvalue weighted by atomic mass is 9.93. The summed E-state index contributed by atoms with van der Waals surface area (Å²) in [5.74, 6) is 0. The molecule has 1 aliphatic heterocycles. The molecule has 0 aliphatic carbocycles. The van der Waals surface area contributed by atoms with E-state index in [2.05, 4.69) is 134 Å². The van der Waals surface area contributed by atoms with Gasteiger partial charge in [0.2, 0.25) is 0 Å². The van der Waals surface area contributed by atoms with E-state index in [1.54, 1.807) is 0 Å². The Morgan fingerprint density at radius 1 is 0.424 bits per heavy atom. The van der Waals surface area contributed by atoms with Gasteiger partial charge in [0.1, 0.15) is 0 Å². The molecule has 0 bridgehead atoms. The summed E-state index contributed by atoms with van der Waals surface area (Å²) in [4.78, 5) is 2.40. The fourth-order valence-electron chi connectivity index (χ4n) is 4.87. The molecule has 0 saturated heterocycles. The molecule has 33 heavy (non-hydrogen) atoms. The molecule has 0 spiro atoms. The van der Waals surface area contributed by atoms with Crippen LogP contribution in [0.1, 0.15) is 11.1 Å². The van der Waals surface area contributed by atoms with Crippen LogP contribution >= 0.6 is 0 Å². The molecule has 5 aromatic carbocycles. The molecule has 0 unspecified atom stereocenters. The quantitative estimate of drug-likeness (QED) is 0.268. The van der Waals surface area contributed by atoms with Gasteiger partial charge in [-0.15, -0.1) is 0 Å².